The van der Waals surface area contributed by atoms with Gasteiger partial charge in [-0.3, -0.25) is 4.99 Å². The average molecular weight is 487 g/mol. The van der Waals surface area contributed by atoms with Gasteiger partial charge in [-0.25, -0.2) is 0 Å². The van der Waals surface area contributed by atoms with Gasteiger partial charge in [-0.1, -0.05) is 31.2 Å². The van der Waals surface area contributed by atoms with E-state index in [-0.39, 0.29) is 24.0 Å². The number of benzene rings is 1. The Hall–Kier alpha value is -0.860. The van der Waals surface area contributed by atoms with Crippen molar-refractivity contribution in [3.05, 3.63) is 35.4 Å². The van der Waals surface area contributed by atoms with Gasteiger partial charge in [0.25, 0.3) is 0 Å². The van der Waals surface area contributed by atoms with E-state index in [1.807, 2.05) is 7.05 Å². The second-order valence-electron chi connectivity index (χ2n) is 7.24. The summed E-state index contributed by atoms with van der Waals surface area (Å²) in [6.45, 7) is 13.6. The summed E-state index contributed by atoms with van der Waals surface area (Å²) < 4.78 is 0. The van der Waals surface area contributed by atoms with E-state index in [0.29, 0.717) is 0 Å². The summed E-state index contributed by atoms with van der Waals surface area (Å²) in [4.78, 5) is 11.8. The Balaban J connectivity index is 0.00000364. The molecule has 5 nitrogen and oxygen atoms in total. The minimum absolute atomic E-state index is 0. The highest BCUT2D eigenvalue weighted by Crippen LogP contribution is 2.09. The molecule has 0 aliphatic carbocycles. The zero-order valence-electron chi connectivity index (χ0n) is 17.6. The van der Waals surface area contributed by atoms with E-state index in [0.717, 1.165) is 19.0 Å². The number of piperazine rings is 1. The Labute approximate surface area is 183 Å². The van der Waals surface area contributed by atoms with Gasteiger partial charge in [0.15, 0.2) is 5.96 Å². The molecule has 1 aliphatic heterocycles. The minimum Gasteiger partial charge on any atom is -0.356 e. The molecule has 0 atom stereocenters. The molecule has 1 aromatic carbocycles. The van der Waals surface area contributed by atoms with Gasteiger partial charge in [0.2, 0.25) is 0 Å². The molecule has 0 spiro atoms. The molecule has 1 heterocycles. The lowest BCUT2D eigenvalue weighted by atomic mass is 10.1. The topological polar surface area (TPSA) is 34.1 Å². The molecule has 2 rings (SSSR count). The van der Waals surface area contributed by atoms with E-state index in [1.54, 1.807) is 0 Å². The van der Waals surface area contributed by atoms with Gasteiger partial charge >= 0.3 is 0 Å². The molecule has 1 N–H and O–H groups in total. The lowest BCUT2D eigenvalue weighted by Crippen LogP contribution is -2.46. The van der Waals surface area contributed by atoms with Crippen LogP contribution in [-0.2, 0) is 6.54 Å². The first kappa shape index (κ1) is 24.2. The van der Waals surface area contributed by atoms with Gasteiger partial charge in [0.05, 0.1) is 0 Å². The number of nitrogens with one attached hydrogen (secondary N) is 1. The van der Waals surface area contributed by atoms with E-state index >= 15 is 0 Å². The first-order chi connectivity index (χ1) is 12.6. The summed E-state index contributed by atoms with van der Waals surface area (Å²) >= 11 is 0. The first-order valence-electron chi connectivity index (χ1n) is 10.0. The van der Waals surface area contributed by atoms with Crippen molar-refractivity contribution >= 4 is 29.9 Å². The van der Waals surface area contributed by atoms with Crippen LogP contribution in [0.4, 0.5) is 0 Å². The standard InChI is InChI=1S/C21H37N5.HI/c1-5-25-14-16-26(17-15-25)13-9-8-12-23-21(22-3)24(4)18-20-11-7-6-10-19(20)2;/h6-7,10-11H,5,8-9,12-18H2,1-4H3,(H,22,23);1H. The molecule has 1 saturated heterocycles. The number of aryl methyl sites for hydroxylation is 1. The van der Waals surface area contributed by atoms with Crippen molar-refractivity contribution in [3.63, 3.8) is 0 Å². The summed E-state index contributed by atoms with van der Waals surface area (Å²) in [5.74, 6) is 0.977. The van der Waals surface area contributed by atoms with Crippen molar-refractivity contribution in [1.82, 2.24) is 20.0 Å². The Kier molecular flexibility index (Phi) is 11.9. The van der Waals surface area contributed by atoms with Crippen LogP contribution in [0.2, 0.25) is 0 Å². The molecular formula is C21H38IN5. The predicted octanol–water partition coefficient (Wildman–Crippen LogP) is 3.04. The SMILES string of the molecule is CCN1CCN(CCCCNC(=NC)N(C)Cc2ccccc2C)CC1.I. The zero-order valence-corrected chi connectivity index (χ0v) is 19.9. The smallest absolute Gasteiger partial charge is 0.193 e. The van der Waals surface area contributed by atoms with Gasteiger partial charge in [-0.05, 0) is 44.0 Å². The monoisotopic (exact) mass is 487 g/mol. The highest BCUT2D eigenvalue weighted by atomic mass is 127. The fourth-order valence-corrected chi connectivity index (χ4v) is 3.49. The van der Waals surface area contributed by atoms with Crippen molar-refractivity contribution in [2.24, 2.45) is 4.99 Å². The highest BCUT2D eigenvalue weighted by Gasteiger charge is 2.14. The van der Waals surface area contributed by atoms with Crippen LogP contribution in [0.15, 0.2) is 29.3 Å². The number of unbranched alkanes of at least 4 members (excludes halogenated alkanes) is 1. The number of guanidine groups is 1. The Morgan fingerprint density at radius 2 is 1.78 bits per heavy atom. The van der Waals surface area contributed by atoms with Gasteiger partial charge in [0.1, 0.15) is 0 Å². The fraction of sp³-hybridized carbons (Fsp3) is 0.667. The summed E-state index contributed by atoms with van der Waals surface area (Å²) in [5.41, 5.74) is 2.68. The number of likely N-dealkylation sites (N-methyl/N-ethyl adjacent to an activating group) is 1. The van der Waals surface area contributed by atoms with Crippen LogP contribution < -0.4 is 5.32 Å². The molecular weight excluding hydrogens is 449 g/mol. The van der Waals surface area contributed by atoms with Crippen LogP contribution >= 0.6 is 24.0 Å². The molecule has 0 amide bonds. The average Bonchev–Trinajstić information content (AvgIpc) is 2.67. The van der Waals surface area contributed by atoms with Crippen molar-refractivity contribution in [2.45, 2.75) is 33.2 Å². The van der Waals surface area contributed by atoms with Gasteiger partial charge in [0, 0.05) is 53.4 Å². The van der Waals surface area contributed by atoms with Gasteiger partial charge < -0.3 is 20.0 Å². The van der Waals surface area contributed by atoms with Crippen LogP contribution in [0.1, 0.15) is 30.9 Å². The molecule has 27 heavy (non-hydrogen) atoms. The zero-order chi connectivity index (χ0) is 18.8. The van der Waals surface area contributed by atoms with Gasteiger partial charge in [-0.15, -0.1) is 24.0 Å². The van der Waals surface area contributed by atoms with E-state index in [9.17, 15) is 0 Å². The quantitative estimate of drug-likeness (QED) is 0.265. The lowest BCUT2D eigenvalue weighted by molar-refractivity contribution is 0.136. The van der Waals surface area contributed by atoms with Crippen LogP contribution in [0, 0.1) is 6.92 Å². The summed E-state index contributed by atoms with van der Waals surface area (Å²) in [7, 11) is 3.97. The van der Waals surface area contributed by atoms with Crippen LogP contribution in [0.3, 0.4) is 0 Å². The number of hydrogen-bond donors (Lipinski definition) is 1. The molecule has 1 fully saturated rings. The number of aliphatic imine (C=N–C) groups is 1. The Morgan fingerprint density at radius 3 is 2.41 bits per heavy atom. The molecule has 154 valence electrons. The summed E-state index contributed by atoms with van der Waals surface area (Å²) in [6, 6.07) is 8.55. The fourth-order valence-electron chi connectivity index (χ4n) is 3.49. The van der Waals surface area contributed by atoms with Crippen LogP contribution in [-0.4, -0.2) is 80.6 Å². The maximum Gasteiger partial charge on any atom is 0.193 e. The first-order valence-corrected chi connectivity index (χ1v) is 10.0. The Morgan fingerprint density at radius 1 is 1.11 bits per heavy atom. The summed E-state index contributed by atoms with van der Waals surface area (Å²) in [5, 5.41) is 3.51. The molecule has 0 aromatic heterocycles. The third kappa shape index (κ3) is 8.35. The minimum atomic E-state index is 0. The molecule has 1 aromatic rings. The molecule has 0 bridgehead atoms. The third-order valence-electron chi connectivity index (χ3n) is 5.34. The second kappa shape index (κ2) is 13.3. The lowest BCUT2D eigenvalue weighted by Gasteiger charge is -2.34. The number of halogens is 1. The Bertz CT molecular complexity index is 555. The molecule has 1 aliphatic rings. The largest absolute Gasteiger partial charge is 0.356 e. The second-order valence-corrected chi connectivity index (χ2v) is 7.24. The van der Waals surface area contributed by atoms with E-state index in [2.05, 4.69) is 70.2 Å². The number of nitrogens with zero attached hydrogens (tertiary/aromatic N) is 4. The number of rotatable bonds is 8. The third-order valence-corrected chi connectivity index (χ3v) is 5.34. The maximum absolute atomic E-state index is 4.43. The molecule has 6 heteroatoms. The molecule has 0 radical (unpaired) electrons. The van der Waals surface area contributed by atoms with Crippen molar-refractivity contribution in [3.8, 4) is 0 Å². The van der Waals surface area contributed by atoms with Crippen molar-refractivity contribution in [1.29, 1.82) is 0 Å². The molecule has 0 unspecified atom stereocenters. The predicted molar refractivity (Wildman–Crippen MR) is 127 cm³/mol. The van der Waals surface area contributed by atoms with E-state index in [4.69, 9.17) is 0 Å². The normalized spacial score (nSPS) is 16.1. The van der Waals surface area contributed by atoms with Crippen molar-refractivity contribution < 1.29 is 0 Å². The van der Waals surface area contributed by atoms with Crippen LogP contribution in [0.25, 0.3) is 0 Å². The maximum atomic E-state index is 4.43. The van der Waals surface area contributed by atoms with Gasteiger partial charge in [-0.2, -0.15) is 0 Å². The highest BCUT2D eigenvalue weighted by molar-refractivity contribution is 14.0. The van der Waals surface area contributed by atoms with E-state index in [1.165, 1.54) is 63.2 Å². The summed E-state index contributed by atoms with van der Waals surface area (Å²) in [6.07, 6.45) is 2.43. The van der Waals surface area contributed by atoms with E-state index < -0.39 is 0 Å². The van der Waals surface area contributed by atoms with Crippen molar-refractivity contribution in [2.75, 3.05) is 59.9 Å². The molecule has 0 saturated carbocycles. The van der Waals surface area contributed by atoms with Crippen LogP contribution in [0.5, 0.6) is 0 Å². The number of hydrogen-bond acceptors (Lipinski definition) is 3.